The van der Waals surface area contributed by atoms with Gasteiger partial charge < -0.3 is 4.74 Å². The minimum Gasteiger partial charge on any atom is -0.377 e. The quantitative estimate of drug-likeness (QED) is 0.779. The molecule has 1 aromatic carbocycles. The number of nitrogens with two attached hydrogens (primary N) is 1. The molecule has 0 radical (unpaired) electrons. The Kier molecular flexibility index (Phi) is 4.45. The largest absolute Gasteiger partial charge is 0.377 e. The summed E-state index contributed by atoms with van der Waals surface area (Å²) < 4.78 is 54.9. The van der Waals surface area contributed by atoms with E-state index in [0.29, 0.717) is 6.61 Å². The summed E-state index contributed by atoms with van der Waals surface area (Å²) in [6, 6.07) is 5.22. The highest BCUT2D eigenvalue weighted by atomic mass is 32.2. The third-order valence-corrected chi connectivity index (χ3v) is 5.55. The van der Waals surface area contributed by atoms with Gasteiger partial charge in [-0.05, 0) is 25.0 Å². The van der Waals surface area contributed by atoms with Crippen molar-refractivity contribution in [2.24, 2.45) is 5.14 Å². The summed E-state index contributed by atoms with van der Waals surface area (Å²) >= 11 is 0. The molecule has 3 N–H and O–H groups in total. The van der Waals surface area contributed by atoms with Crippen molar-refractivity contribution in [3.63, 3.8) is 0 Å². The smallest absolute Gasteiger partial charge is 0.242 e. The summed E-state index contributed by atoms with van der Waals surface area (Å²) in [6.45, 7) is 0.724. The molecule has 2 rings (SSSR count). The van der Waals surface area contributed by atoms with Crippen LogP contribution >= 0.6 is 0 Å². The van der Waals surface area contributed by atoms with Gasteiger partial charge in [-0.3, -0.25) is 0 Å². The van der Waals surface area contributed by atoms with E-state index in [1.165, 1.54) is 18.2 Å². The first kappa shape index (κ1) is 15.4. The van der Waals surface area contributed by atoms with Crippen LogP contribution in [0.5, 0.6) is 0 Å². The zero-order valence-corrected chi connectivity index (χ0v) is 12.3. The van der Waals surface area contributed by atoms with Crippen molar-refractivity contribution < 1.29 is 21.6 Å². The molecular formula is C11H16N2O5S2. The van der Waals surface area contributed by atoms with Crippen LogP contribution < -0.4 is 9.86 Å². The Morgan fingerprint density at radius 1 is 1.20 bits per heavy atom. The molecule has 9 heteroatoms. The molecule has 0 saturated carbocycles. The van der Waals surface area contributed by atoms with Gasteiger partial charge in [0.25, 0.3) is 0 Å². The van der Waals surface area contributed by atoms with Crippen molar-refractivity contribution in [2.45, 2.75) is 28.7 Å². The number of hydrogen-bond donors (Lipinski definition) is 2. The molecule has 1 atom stereocenters. The van der Waals surface area contributed by atoms with Gasteiger partial charge >= 0.3 is 0 Å². The van der Waals surface area contributed by atoms with Gasteiger partial charge in [-0.2, -0.15) is 0 Å². The Balaban J connectivity index is 2.25. The maximum Gasteiger partial charge on any atom is 0.242 e. The predicted octanol–water partition coefficient (Wildman–Crippen LogP) is -0.209. The molecule has 0 aliphatic carbocycles. The molecule has 0 aromatic heterocycles. The standard InChI is InChI=1S/C11H16N2O5S2/c12-19(14,15)10-5-1-2-6-11(10)20(16,17)13-8-9-4-3-7-18-9/h1-2,5-6,9,13H,3-4,7-8H2,(H2,12,14,15). The monoisotopic (exact) mass is 320 g/mol. The van der Waals surface area contributed by atoms with E-state index in [0.717, 1.165) is 18.9 Å². The lowest BCUT2D eigenvalue weighted by atomic mass is 10.2. The van der Waals surface area contributed by atoms with Crippen molar-refractivity contribution >= 4 is 20.0 Å². The summed E-state index contributed by atoms with van der Waals surface area (Å²) in [6.07, 6.45) is 1.49. The third kappa shape index (κ3) is 3.55. The number of ether oxygens (including phenoxy) is 1. The molecule has 1 saturated heterocycles. The van der Waals surface area contributed by atoms with Crippen LogP contribution in [0, 0.1) is 0 Å². The maximum absolute atomic E-state index is 12.2. The lowest BCUT2D eigenvalue weighted by Crippen LogP contribution is -2.33. The fourth-order valence-corrected chi connectivity index (χ4v) is 4.44. The second-order valence-corrected chi connectivity index (χ2v) is 7.74. The van der Waals surface area contributed by atoms with Crippen LogP contribution in [0.3, 0.4) is 0 Å². The lowest BCUT2D eigenvalue weighted by molar-refractivity contribution is 0.114. The molecule has 7 nitrogen and oxygen atoms in total. The first-order valence-corrected chi connectivity index (χ1v) is 9.07. The SMILES string of the molecule is NS(=O)(=O)c1ccccc1S(=O)(=O)NCC1CCCO1. The highest BCUT2D eigenvalue weighted by Gasteiger charge is 2.25. The predicted molar refractivity (Wildman–Crippen MR) is 72.0 cm³/mol. The average Bonchev–Trinajstić information content (AvgIpc) is 2.89. The Bertz CT molecular complexity index is 679. The Labute approximate surface area is 118 Å². The van der Waals surface area contributed by atoms with Gasteiger partial charge in [-0.25, -0.2) is 26.7 Å². The number of primary sulfonamides is 1. The molecule has 20 heavy (non-hydrogen) atoms. The second-order valence-electron chi connectivity index (χ2n) is 4.48. The van der Waals surface area contributed by atoms with Crippen LogP contribution in [0.4, 0.5) is 0 Å². The van der Waals surface area contributed by atoms with Crippen LogP contribution in [-0.4, -0.2) is 36.1 Å². The lowest BCUT2D eigenvalue weighted by Gasteiger charge is -2.13. The van der Waals surface area contributed by atoms with Gasteiger partial charge in [0.15, 0.2) is 0 Å². The molecule has 112 valence electrons. The number of nitrogens with one attached hydrogen (secondary N) is 1. The van der Waals surface area contributed by atoms with E-state index in [4.69, 9.17) is 9.88 Å². The second kappa shape index (κ2) is 5.78. The third-order valence-electron chi connectivity index (χ3n) is 2.97. The molecule has 0 spiro atoms. The zero-order chi connectivity index (χ0) is 14.8. The van der Waals surface area contributed by atoms with Crippen molar-refractivity contribution in [3.8, 4) is 0 Å². The highest BCUT2D eigenvalue weighted by molar-refractivity contribution is 7.92. The van der Waals surface area contributed by atoms with Gasteiger partial charge in [0.05, 0.1) is 6.10 Å². The molecule has 1 aliphatic heterocycles. The topological polar surface area (TPSA) is 116 Å². The van der Waals surface area contributed by atoms with Gasteiger partial charge in [-0.1, -0.05) is 12.1 Å². The van der Waals surface area contributed by atoms with Gasteiger partial charge in [0.1, 0.15) is 9.79 Å². The van der Waals surface area contributed by atoms with Gasteiger partial charge in [0, 0.05) is 13.2 Å². The first-order chi connectivity index (χ1) is 9.31. The normalized spacial score (nSPS) is 20.1. The fraction of sp³-hybridized carbons (Fsp3) is 0.455. The van der Waals surface area contributed by atoms with Crippen molar-refractivity contribution in [1.82, 2.24) is 4.72 Å². The minimum atomic E-state index is -4.10. The molecule has 0 bridgehead atoms. The molecule has 1 aliphatic rings. The number of hydrogen-bond acceptors (Lipinski definition) is 5. The van der Waals surface area contributed by atoms with Crippen molar-refractivity contribution in [2.75, 3.05) is 13.2 Å². The van der Waals surface area contributed by atoms with E-state index in [9.17, 15) is 16.8 Å². The molecule has 0 amide bonds. The van der Waals surface area contributed by atoms with E-state index in [-0.39, 0.29) is 17.5 Å². The Morgan fingerprint density at radius 2 is 1.85 bits per heavy atom. The van der Waals surface area contributed by atoms with Crippen LogP contribution in [0.1, 0.15) is 12.8 Å². The van der Waals surface area contributed by atoms with E-state index < -0.39 is 24.9 Å². The van der Waals surface area contributed by atoms with E-state index in [1.54, 1.807) is 0 Å². The summed E-state index contributed by atoms with van der Waals surface area (Å²) in [4.78, 5) is -0.764. The van der Waals surface area contributed by atoms with E-state index in [1.807, 2.05) is 0 Å². The molecular weight excluding hydrogens is 304 g/mol. The van der Waals surface area contributed by atoms with Gasteiger partial charge in [0.2, 0.25) is 20.0 Å². The van der Waals surface area contributed by atoms with Crippen LogP contribution in [-0.2, 0) is 24.8 Å². The van der Waals surface area contributed by atoms with Crippen molar-refractivity contribution in [3.05, 3.63) is 24.3 Å². The van der Waals surface area contributed by atoms with Crippen LogP contribution in [0.15, 0.2) is 34.1 Å². The van der Waals surface area contributed by atoms with Crippen LogP contribution in [0.2, 0.25) is 0 Å². The van der Waals surface area contributed by atoms with Gasteiger partial charge in [-0.15, -0.1) is 0 Å². The van der Waals surface area contributed by atoms with Crippen LogP contribution in [0.25, 0.3) is 0 Å². The summed E-state index contributed by atoms with van der Waals surface area (Å²) in [5.74, 6) is 0. The Morgan fingerprint density at radius 3 is 2.40 bits per heavy atom. The summed E-state index contributed by atoms with van der Waals surface area (Å²) in [7, 11) is -8.06. The number of benzene rings is 1. The molecule has 1 heterocycles. The van der Waals surface area contributed by atoms with E-state index in [2.05, 4.69) is 4.72 Å². The molecule has 1 fully saturated rings. The maximum atomic E-state index is 12.2. The fourth-order valence-electron chi connectivity index (χ4n) is 1.99. The molecule has 1 unspecified atom stereocenters. The average molecular weight is 320 g/mol. The summed E-state index contributed by atoms with van der Waals surface area (Å²) in [5, 5.41) is 5.03. The Hall–Kier alpha value is -1.00. The highest BCUT2D eigenvalue weighted by Crippen LogP contribution is 2.19. The van der Waals surface area contributed by atoms with Crippen molar-refractivity contribution in [1.29, 1.82) is 0 Å². The zero-order valence-electron chi connectivity index (χ0n) is 10.7. The minimum absolute atomic E-state index is 0.112. The number of sulfonamides is 2. The van der Waals surface area contributed by atoms with E-state index >= 15 is 0 Å². The number of rotatable bonds is 5. The molecule has 1 aromatic rings. The summed E-state index contributed by atoms with van der Waals surface area (Å²) in [5.41, 5.74) is 0. The first-order valence-electron chi connectivity index (χ1n) is 6.04.